The van der Waals surface area contributed by atoms with Crippen molar-refractivity contribution in [2.45, 2.75) is 26.2 Å². The molecule has 3 rings (SSSR count). The van der Waals surface area contributed by atoms with Gasteiger partial charge in [-0.15, -0.1) is 11.3 Å². The summed E-state index contributed by atoms with van der Waals surface area (Å²) in [5.74, 6) is 0.850. The predicted octanol–water partition coefficient (Wildman–Crippen LogP) is 3.11. The third-order valence-corrected chi connectivity index (χ3v) is 5.77. The van der Waals surface area contributed by atoms with E-state index in [0.29, 0.717) is 5.92 Å². The van der Waals surface area contributed by atoms with E-state index in [0.717, 1.165) is 54.5 Å². The van der Waals surface area contributed by atoms with Gasteiger partial charge < -0.3 is 10.2 Å². The Morgan fingerprint density at radius 2 is 2.00 bits per heavy atom. The zero-order valence-electron chi connectivity index (χ0n) is 14.4. The Morgan fingerprint density at radius 1 is 1.29 bits per heavy atom. The molecule has 24 heavy (non-hydrogen) atoms. The number of likely N-dealkylation sites (tertiary alicyclic amines) is 1. The predicted molar refractivity (Wildman–Crippen MR) is 98.7 cm³/mol. The first kappa shape index (κ1) is 17.1. The Labute approximate surface area is 147 Å². The van der Waals surface area contributed by atoms with Crippen LogP contribution in [0.1, 0.15) is 38.8 Å². The molecule has 0 bridgehead atoms. The number of piperidine rings is 1. The van der Waals surface area contributed by atoms with E-state index in [1.165, 1.54) is 5.56 Å². The second-order valence-electron chi connectivity index (χ2n) is 6.48. The molecule has 0 aliphatic carbocycles. The minimum atomic E-state index is 0.159. The van der Waals surface area contributed by atoms with Crippen LogP contribution in [0.2, 0.25) is 0 Å². The molecule has 128 valence electrons. The first-order chi connectivity index (χ1) is 11.7. The number of nitrogens with zero attached hydrogens (tertiary/aromatic N) is 2. The number of carbonyl (C=O) groups excluding carboxylic acids is 1. The monoisotopic (exact) mass is 343 g/mol. The van der Waals surface area contributed by atoms with Gasteiger partial charge in [-0.1, -0.05) is 30.3 Å². The molecule has 1 aliphatic heterocycles. The fourth-order valence-electron chi connectivity index (χ4n) is 3.27. The Hall–Kier alpha value is -1.72. The Morgan fingerprint density at radius 3 is 2.67 bits per heavy atom. The van der Waals surface area contributed by atoms with Crippen molar-refractivity contribution in [2.24, 2.45) is 5.92 Å². The fraction of sp³-hybridized carbons (Fsp3) is 0.474. The normalized spacial score (nSPS) is 15.7. The van der Waals surface area contributed by atoms with Crippen LogP contribution in [0.15, 0.2) is 30.3 Å². The maximum absolute atomic E-state index is 12.8. The quantitative estimate of drug-likeness (QED) is 0.907. The van der Waals surface area contributed by atoms with Crippen LogP contribution in [-0.2, 0) is 6.42 Å². The molecule has 1 fully saturated rings. The van der Waals surface area contributed by atoms with Crippen molar-refractivity contribution in [3.05, 3.63) is 51.5 Å². The molecule has 1 aliphatic rings. The Kier molecular flexibility index (Phi) is 5.63. The summed E-state index contributed by atoms with van der Waals surface area (Å²) >= 11 is 1.55. The van der Waals surface area contributed by atoms with E-state index < -0.39 is 0 Å². The van der Waals surface area contributed by atoms with E-state index >= 15 is 0 Å². The lowest BCUT2D eigenvalue weighted by molar-refractivity contribution is 0.0695. The summed E-state index contributed by atoms with van der Waals surface area (Å²) in [6.07, 6.45) is 2.96. The highest BCUT2D eigenvalue weighted by Gasteiger charge is 2.26. The van der Waals surface area contributed by atoms with Crippen molar-refractivity contribution in [2.75, 3.05) is 26.7 Å². The number of nitrogens with one attached hydrogen (secondary N) is 1. The van der Waals surface area contributed by atoms with Gasteiger partial charge >= 0.3 is 0 Å². The highest BCUT2D eigenvalue weighted by Crippen LogP contribution is 2.25. The average molecular weight is 343 g/mol. The summed E-state index contributed by atoms with van der Waals surface area (Å²) in [4.78, 5) is 20.3. The van der Waals surface area contributed by atoms with E-state index in [4.69, 9.17) is 0 Å². The molecule has 2 heterocycles. The zero-order chi connectivity index (χ0) is 16.9. The lowest BCUT2D eigenvalue weighted by atomic mass is 9.97. The van der Waals surface area contributed by atoms with Gasteiger partial charge in [0.05, 0.1) is 10.7 Å². The summed E-state index contributed by atoms with van der Waals surface area (Å²) in [5, 5.41) is 4.26. The van der Waals surface area contributed by atoms with Gasteiger partial charge in [-0.25, -0.2) is 4.98 Å². The number of benzene rings is 1. The van der Waals surface area contributed by atoms with E-state index in [1.807, 2.05) is 37.1 Å². The largest absolute Gasteiger partial charge is 0.338 e. The molecule has 2 aromatic rings. The van der Waals surface area contributed by atoms with Gasteiger partial charge in [-0.05, 0) is 44.8 Å². The van der Waals surface area contributed by atoms with Gasteiger partial charge in [0.1, 0.15) is 4.88 Å². The molecule has 0 spiro atoms. The highest BCUT2D eigenvalue weighted by atomic mass is 32.1. The van der Waals surface area contributed by atoms with Crippen LogP contribution in [0.4, 0.5) is 0 Å². The summed E-state index contributed by atoms with van der Waals surface area (Å²) < 4.78 is 0. The second kappa shape index (κ2) is 7.90. The number of amides is 1. The van der Waals surface area contributed by atoms with Crippen molar-refractivity contribution in [3.63, 3.8) is 0 Å². The number of hydrogen-bond acceptors (Lipinski definition) is 4. The van der Waals surface area contributed by atoms with Crippen molar-refractivity contribution in [3.8, 4) is 0 Å². The third-order valence-electron chi connectivity index (χ3n) is 4.63. The van der Waals surface area contributed by atoms with Crippen LogP contribution in [0.25, 0.3) is 0 Å². The summed E-state index contributed by atoms with van der Waals surface area (Å²) in [6.45, 7) is 4.71. The topological polar surface area (TPSA) is 45.2 Å². The smallest absolute Gasteiger partial charge is 0.265 e. The van der Waals surface area contributed by atoms with Crippen molar-refractivity contribution < 1.29 is 4.79 Å². The van der Waals surface area contributed by atoms with Crippen LogP contribution in [-0.4, -0.2) is 42.5 Å². The van der Waals surface area contributed by atoms with Gasteiger partial charge in [0.2, 0.25) is 0 Å². The first-order valence-corrected chi connectivity index (χ1v) is 9.43. The number of hydrogen-bond donors (Lipinski definition) is 1. The van der Waals surface area contributed by atoms with Crippen LogP contribution in [0.3, 0.4) is 0 Å². The van der Waals surface area contributed by atoms with E-state index in [2.05, 4.69) is 22.4 Å². The zero-order valence-corrected chi connectivity index (χ0v) is 15.2. The molecule has 0 radical (unpaired) electrons. The van der Waals surface area contributed by atoms with Gasteiger partial charge in [0.25, 0.3) is 5.91 Å². The lowest BCUT2D eigenvalue weighted by Crippen LogP contribution is -2.40. The van der Waals surface area contributed by atoms with Gasteiger partial charge in [-0.2, -0.15) is 0 Å². The highest BCUT2D eigenvalue weighted by molar-refractivity contribution is 7.13. The van der Waals surface area contributed by atoms with E-state index in [1.54, 1.807) is 11.3 Å². The average Bonchev–Trinajstić information content (AvgIpc) is 2.96. The maximum atomic E-state index is 12.8. The van der Waals surface area contributed by atoms with Crippen LogP contribution in [0.5, 0.6) is 0 Å². The number of thiazole rings is 1. The van der Waals surface area contributed by atoms with Crippen LogP contribution >= 0.6 is 11.3 Å². The van der Waals surface area contributed by atoms with E-state index in [9.17, 15) is 4.79 Å². The van der Waals surface area contributed by atoms with Gasteiger partial charge in [-0.3, -0.25) is 4.79 Å². The molecule has 0 atom stereocenters. The molecule has 1 N–H and O–H groups in total. The SMILES string of the molecule is CNCC1CCN(C(=O)c2sc(Cc3ccccc3)nc2C)CC1. The minimum Gasteiger partial charge on any atom is -0.338 e. The molecule has 0 unspecified atom stereocenters. The van der Waals surface area contributed by atoms with Crippen LogP contribution in [0, 0.1) is 12.8 Å². The second-order valence-corrected chi connectivity index (χ2v) is 7.56. The standard InChI is InChI=1S/C19H25N3OS/c1-14-18(19(23)22-10-8-16(9-11-22)13-20-2)24-17(21-14)12-15-6-4-3-5-7-15/h3-7,16,20H,8-13H2,1-2H3. The first-order valence-electron chi connectivity index (χ1n) is 8.61. The maximum Gasteiger partial charge on any atom is 0.265 e. The number of aromatic nitrogens is 1. The van der Waals surface area contributed by atoms with Crippen molar-refractivity contribution in [1.29, 1.82) is 0 Å². The Bertz CT molecular complexity index is 675. The number of aryl methyl sites for hydroxylation is 1. The molecular formula is C19H25N3OS. The van der Waals surface area contributed by atoms with Crippen LogP contribution < -0.4 is 5.32 Å². The molecule has 5 heteroatoms. The lowest BCUT2D eigenvalue weighted by Gasteiger charge is -2.31. The fourth-order valence-corrected chi connectivity index (χ4v) is 4.34. The summed E-state index contributed by atoms with van der Waals surface area (Å²) in [5.41, 5.74) is 2.10. The van der Waals surface area contributed by atoms with Crippen molar-refractivity contribution >= 4 is 17.2 Å². The van der Waals surface area contributed by atoms with E-state index in [-0.39, 0.29) is 5.91 Å². The number of rotatable bonds is 5. The molecule has 1 amide bonds. The molecule has 1 aromatic heterocycles. The number of carbonyl (C=O) groups is 1. The third kappa shape index (κ3) is 4.02. The molecule has 4 nitrogen and oxygen atoms in total. The van der Waals surface area contributed by atoms with Crippen molar-refractivity contribution in [1.82, 2.24) is 15.2 Å². The summed E-state index contributed by atoms with van der Waals surface area (Å²) in [6, 6.07) is 10.3. The molecule has 1 aromatic carbocycles. The summed E-state index contributed by atoms with van der Waals surface area (Å²) in [7, 11) is 1.99. The Balaban J connectivity index is 1.65. The molecular weight excluding hydrogens is 318 g/mol. The molecule has 1 saturated heterocycles. The minimum absolute atomic E-state index is 0.159. The van der Waals surface area contributed by atoms with Gasteiger partial charge in [0, 0.05) is 19.5 Å². The molecule has 0 saturated carbocycles. The van der Waals surface area contributed by atoms with Gasteiger partial charge in [0.15, 0.2) is 0 Å².